The van der Waals surface area contributed by atoms with Crippen molar-refractivity contribution in [1.29, 1.82) is 5.26 Å². The zero-order valence-electron chi connectivity index (χ0n) is 9.34. The second-order valence-electron chi connectivity index (χ2n) is 3.37. The third-order valence-corrected chi connectivity index (χ3v) is 2.26. The lowest BCUT2D eigenvalue weighted by atomic mass is 10.2. The van der Waals surface area contributed by atoms with Gasteiger partial charge in [0.15, 0.2) is 0 Å². The molecule has 0 radical (unpaired) electrons. The molecule has 2 rings (SSSR count). The molecule has 1 heterocycles. The Morgan fingerprint density at radius 2 is 2.12 bits per heavy atom. The Labute approximate surface area is 99.5 Å². The third-order valence-electron chi connectivity index (χ3n) is 2.26. The van der Waals surface area contributed by atoms with Crippen LogP contribution < -0.4 is 10.1 Å². The van der Waals surface area contributed by atoms with Crippen LogP contribution in [0.1, 0.15) is 5.69 Å². The highest BCUT2D eigenvalue weighted by atomic mass is 16.5. The fourth-order valence-corrected chi connectivity index (χ4v) is 1.47. The number of rotatable bonds is 3. The number of nitrogens with one attached hydrogen (secondary N) is 1. The molecule has 0 spiro atoms. The first-order chi connectivity index (χ1) is 8.33. The van der Waals surface area contributed by atoms with Crippen molar-refractivity contribution in [2.24, 2.45) is 0 Å². The van der Waals surface area contributed by atoms with Crippen LogP contribution in [0, 0.1) is 11.3 Å². The highest BCUT2D eigenvalue weighted by Crippen LogP contribution is 2.26. The molecule has 2 aromatic rings. The van der Waals surface area contributed by atoms with Gasteiger partial charge in [-0.05, 0) is 24.3 Å². The van der Waals surface area contributed by atoms with Gasteiger partial charge < -0.3 is 10.1 Å². The van der Waals surface area contributed by atoms with Crippen LogP contribution in [0.4, 0.5) is 11.4 Å². The number of anilines is 2. The van der Waals surface area contributed by atoms with Crippen molar-refractivity contribution < 1.29 is 4.74 Å². The van der Waals surface area contributed by atoms with Gasteiger partial charge in [-0.15, -0.1) is 0 Å². The van der Waals surface area contributed by atoms with Crippen LogP contribution in [0.5, 0.6) is 5.75 Å². The van der Waals surface area contributed by atoms with Crippen LogP contribution in [0.15, 0.2) is 42.6 Å². The Morgan fingerprint density at radius 1 is 1.29 bits per heavy atom. The maximum Gasteiger partial charge on any atom is 0.142 e. The first-order valence-electron chi connectivity index (χ1n) is 5.09. The van der Waals surface area contributed by atoms with Crippen molar-refractivity contribution in [2.45, 2.75) is 0 Å². The molecule has 0 saturated heterocycles. The summed E-state index contributed by atoms with van der Waals surface area (Å²) in [6.45, 7) is 0. The number of aromatic nitrogens is 1. The molecule has 0 saturated carbocycles. The monoisotopic (exact) mass is 225 g/mol. The summed E-state index contributed by atoms with van der Waals surface area (Å²) in [6, 6.07) is 13.1. The van der Waals surface area contributed by atoms with E-state index in [9.17, 15) is 0 Å². The van der Waals surface area contributed by atoms with E-state index in [4.69, 9.17) is 10.00 Å². The largest absolute Gasteiger partial charge is 0.495 e. The summed E-state index contributed by atoms with van der Waals surface area (Å²) in [5.41, 5.74) is 2.04. The summed E-state index contributed by atoms with van der Waals surface area (Å²) in [7, 11) is 1.62. The molecule has 4 nitrogen and oxygen atoms in total. The summed E-state index contributed by atoms with van der Waals surface area (Å²) < 4.78 is 5.23. The lowest BCUT2D eigenvalue weighted by molar-refractivity contribution is 0.417. The van der Waals surface area contributed by atoms with E-state index in [1.165, 1.54) is 0 Å². The molecule has 0 aliphatic rings. The van der Waals surface area contributed by atoms with Gasteiger partial charge in [0, 0.05) is 11.9 Å². The minimum Gasteiger partial charge on any atom is -0.495 e. The van der Waals surface area contributed by atoms with Gasteiger partial charge in [0.1, 0.15) is 17.5 Å². The summed E-state index contributed by atoms with van der Waals surface area (Å²) >= 11 is 0. The number of methoxy groups -OCH3 is 1. The molecule has 1 N–H and O–H groups in total. The number of hydrogen-bond donors (Lipinski definition) is 1. The zero-order valence-corrected chi connectivity index (χ0v) is 9.34. The fraction of sp³-hybridized carbons (Fsp3) is 0.0769. The number of hydrogen-bond acceptors (Lipinski definition) is 4. The van der Waals surface area contributed by atoms with E-state index < -0.39 is 0 Å². The van der Waals surface area contributed by atoms with Gasteiger partial charge in [-0.3, -0.25) is 0 Å². The van der Waals surface area contributed by atoms with Crippen LogP contribution in [0.3, 0.4) is 0 Å². The lowest BCUT2D eigenvalue weighted by Crippen LogP contribution is -1.95. The van der Waals surface area contributed by atoms with Crippen LogP contribution >= 0.6 is 0 Å². The van der Waals surface area contributed by atoms with Gasteiger partial charge in [-0.25, -0.2) is 4.98 Å². The molecule has 0 unspecified atom stereocenters. The standard InChI is InChI=1S/C13H11N3O/c1-17-13-5-3-2-4-12(13)16-10-6-7-15-11(8-10)9-14/h2-8H,1H3,(H,15,16). The van der Waals surface area contributed by atoms with Crippen LogP contribution in [0.25, 0.3) is 0 Å². The van der Waals surface area contributed by atoms with Gasteiger partial charge in [0.25, 0.3) is 0 Å². The number of pyridine rings is 1. The van der Waals surface area contributed by atoms with Crippen molar-refractivity contribution in [1.82, 2.24) is 4.98 Å². The van der Waals surface area contributed by atoms with E-state index in [1.54, 1.807) is 25.4 Å². The van der Waals surface area contributed by atoms with Gasteiger partial charge >= 0.3 is 0 Å². The summed E-state index contributed by atoms with van der Waals surface area (Å²) in [5.74, 6) is 0.753. The van der Waals surface area contributed by atoms with Gasteiger partial charge in [0.2, 0.25) is 0 Å². The van der Waals surface area contributed by atoms with E-state index in [-0.39, 0.29) is 0 Å². The van der Waals surface area contributed by atoms with Gasteiger partial charge in [0.05, 0.1) is 12.8 Å². The number of nitriles is 1. The molecule has 0 bridgehead atoms. The van der Waals surface area contributed by atoms with Crippen molar-refractivity contribution in [3.63, 3.8) is 0 Å². The normalized spacial score (nSPS) is 9.41. The van der Waals surface area contributed by atoms with E-state index in [2.05, 4.69) is 10.3 Å². The molecule has 1 aromatic heterocycles. The van der Waals surface area contributed by atoms with E-state index in [0.29, 0.717) is 5.69 Å². The first-order valence-corrected chi connectivity index (χ1v) is 5.09. The maximum atomic E-state index is 8.76. The SMILES string of the molecule is COc1ccccc1Nc1ccnc(C#N)c1. The van der Waals surface area contributed by atoms with Crippen LogP contribution in [-0.4, -0.2) is 12.1 Å². The number of benzene rings is 1. The fourth-order valence-electron chi connectivity index (χ4n) is 1.47. The van der Waals surface area contributed by atoms with Crippen molar-refractivity contribution in [3.8, 4) is 11.8 Å². The first kappa shape index (κ1) is 11.0. The molecule has 0 amide bonds. The van der Waals surface area contributed by atoms with E-state index in [0.717, 1.165) is 17.1 Å². The molecule has 0 aliphatic heterocycles. The molecule has 84 valence electrons. The second kappa shape index (κ2) is 4.99. The topological polar surface area (TPSA) is 57.9 Å². The molecule has 0 aliphatic carbocycles. The Morgan fingerprint density at radius 3 is 2.88 bits per heavy atom. The predicted molar refractivity (Wildman–Crippen MR) is 65.2 cm³/mol. The third kappa shape index (κ3) is 2.52. The van der Waals surface area contributed by atoms with E-state index >= 15 is 0 Å². The summed E-state index contributed by atoms with van der Waals surface area (Å²) in [5, 5.41) is 11.9. The molecular weight excluding hydrogens is 214 g/mol. The highest BCUT2D eigenvalue weighted by molar-refractivity contribution is 5.66. The molecule has 17 heavy (non-hydrogen) atoms. The van der Waals surface area contributed by atoms with Gasteiger partial charge in [-0.2, -0.15) is 5.26 Å². The molecule has 4 heteroatoms. The second-order valence-corrected chi connectivity index (χ2v) is 3.37. The van der Waals surface area contributed by atoms with Crippen LogP contribution in [0.2, 0.25) is 0 Å². The predicted octanol–water partition coefficient (Wildman–Crippen LogP) is 2.71. The van der Waals surface area contributed by atoms with Gasteiger partial charge in [-0.1, -0.05) is 12.1 Å². The Balaban J connectivity index is 2.28. The van der Waals surface area contributed by atoms with Crippen LogP contribution in [-0.2, 0) is 0 Å². The van der Waals surface area contributed by atoms with E-state index in [1.807, 2.05) is 30.3 Å². The molecule has 0 fully saturated rings. The highest BCUT2D eigenvalue weighted by Gasteiger charge is 2.02. The Hall–Kier alpha value is -2.54. The average molecular weight is 225 g/mol. The molecular formula is C13H11N3O. The zero-order chi connectivity index (χ0) is 12.1. The maximum absolute atomic E-state index is 8.76. The number of ether oxygens (including phenoxy) is 1. The van der Waals surface area contributed by atoms with Crippen molar-refractivity contribution in [3.05, 3.63) is 48.3 Å². The van der Waals surface area contributed by atoms with Crippen molar-refractivity contribution >= 4 is 11.4 Å². The average Bonchev–Trinajstić information content (AvgIpc) is 2.39. The minimum absolute atomic E-state index is 0.380. The minimum atomic E-state index is 0.380. The Kier molecular flexibility index (Phi) is 3.22. The molecule has 0 atom stereocenters. The number of para-hydroxylation sites is 2. The Bertz CT molecular complexity index is 561. The smallest absolute Gasteiger partial charge is 0.142 e. The quantitative estimate of drug-likeness (QED) is 0.872. The van der Waals surface area contributed by atoms with Crippen molar-refractivity contribution in [2.75, 3.05) is 12.4 Å². The number of nitrogens with zero attached hydrogens (tertiary/aromatic N) is 2. The molecule has 1 aromatic carbocycles. The lowest BCUT2D eigenvalue weighted by Gasteiger charge is -2.10. The summed E-state index contributed by atoms with van der Waals surface area (Å²) in [4.78, 5) is 3.91. The summed E-state index contributed by atoms with van der Waals surface area (Å²) in [6.07, 6.45) is 1.59.